The fourth-order valence-corrected chi connectivity index (χ4v) is 0.688. The number of amides is 1. The summed E-state index contributed by atoms with van der Waals surface area (Å²) in [6.07, 6.45) is 0. The Morgan fingerprint density at radius 1 is 1.55 bits per heavy atom. The van der Waals surface area contributed by atoms with Crippen LogP contribution < -0.4 is 5.73 Å². The van der Waals surface area contributed by atoms with Gasteiger partial charge in [0.15, 0.2) is 0 Å². The van der Waals surface area contributed by atoms with Crippen molar-refractivity contribution in [1.29, 1.82) is 0 Å². The molecule has 1 radical (unpaired) electrons. The summed E-state index contributed by atoms with van der Waals surface area (Å²) >= 11 is 0. The second-order valence-electron chi connectivity index (χ2n) is 1.99. The highest BCUT2D eigenvalue weighted by atomic mass is 19.1. The number of benzene rings is 1. The van der Waals surface area contributed by atoms with Crippen LogP contribution in [0, 0.1) is 5.82 Å². The van der Waals surface area contributed by atoms with Gasteiger partial charge in [-0.05, 0) is 12.1 Å². The third-order valence-electron chi connectivity index (χ3n) is 1.20. The Bertz CT molecular complexity index is 298. The summed E-state index contributed by atoms with van der Waals surface area (Å²) < 4.78 is 12.6. The number of carbonyl (C=O) groups is 1. The maximum Gasteiger partial charge on any atom is 0.272 e. The molecule has 0 aromatic heterocycles. The molecule has 1 amide bonds. The highest BCUT2D eigenvalue weighted by Gasteiger charge is 2.07. The summed E-state index contributed by atoms with van der Waals surface area (Å²) in [6.45, 7) is 0. The van der Waals surface area contributed by atoms with Gasteiger partial charge in [0.05, 0.1) is 5.56 Å². The first kappa shape index (κ1) is 7.53. The van der Waals surface area contributed by atoms with Gasteiger partial charge in [0.1, 0.15) is 11.6 Å². The third kappa shape index (κ3) is 1.46. The maximum atomic E-state index is 12.6. The molecule has 0 aliphatic heterocycles. The van der Waals surface area contributed by atoms with E-state index in [1.165, 1.54) is 0 Å². The van der Waals surface area contributed by atoms with Crippen LogP contribution >= 0.6 is 0 Å². The van der Waals surface area contributed by atoms with Crippen molar-refractivity contribution >= 4 is 5.91 Å². The highest BCUT2D eigenvalue weighted by molar-refractivity contribution is 5.92. The van der Waals surface area contributed by atoms with Crippen molar-refractivity contribution < 1.29 is 14.3 Å². The average Bonchev–Trinajstić information content (AvgIpc) is 1.85. The normalized spacial score (nSPS) is 9.55. The standard InChI is InChI=1S/C7H5FNO2/c8-6-3-4(10)1-2-5(6)7(9)11/h1-3,9-10H. The molecule has 0 saturated carbocycles. The first-order valence-corrected chi connectivity index (χ1v) is 2.85. The van der Waals surface area contributed by atoms with Crippen LogP contribution in [0.5, 0.6) is 5.75 Å². The van der Waals surface area contributed by atoms with Crippen LogP contribution in [0.25, 0.3) is 0 Å². The molecule has 0 saturated heterocycles. The molecular formula is C7H5FNO2. The van der Waals surface area contributed by atoms with Gasteiger partial charge in [0.2, 0.25) is 0 Å². The molecule has 11 heavy (non-hydrogen) atoms. The fraction of sp³-hybridized carbons (Fsp3) is 0. The first-order valence-electron chi connectivity index (χ1n) is 2.85. The molecule has 1 aromatic carbocycles. The van der Waals surface area contributed by atoms with Crippen LogP contribution in [-0.4, -0.2) is 11.0 Å². The number of nitrogens with one attached hydrogen (secondary N) is 1. The minimum absolute atomic E-state index is 0.257. The lowest BCUT2D eigenvalue weighted by Crippen LogP contribution is -2.01. The van der Waals surface area contributed by atoms with Gasteiger partial charge in [-0.25, -0.2) is 4.39 Å². The number of rotatable bonds is 1. The minimum Gasteiger partial charge on any atom is -0.508 e. The van der Waals surface area contributed by atoms with Crippen molar-refractivity contribution in [2.45, 2.75) is 0 Å². The van der Waals surface area contributed by atoms with Gasteiger partial charge in [-0.15, -0.1) is 0 Å². The van der Waals surface area contributed by atoms with Gasteiger partial charge in [-0.1, -0.05) is 0 Å². The lowest BCUT2D eigenvalue weighted by molar-refractivity contribution is 0.0988. The molecule has 0 fully saturated rings. The molecule has 57 valence electrons. The van der Waals surface area contributed by atoms with E-state index in [0.717, 1.165) is 18.2 Å². The summed E-state index contributed by atoms with van der Waals surface area (Å²) in [4.78, 5) is 10.3. The third-order valence-corrected chi connectivity index (χ3v) is 1.20. The zero-order valence-corrected chi connectivity index (χ0v) is 5.47. The van der Waals surface area contributed by atoms with E-state index in [4.69, 9.17) is 10.8 Å². The van der Waals surface area contributed by atoms with Gasteiger partial charge in [0, 0.05) is 6.07 Å². The van der Waals surface area contributed by atoms with Crippen molar-refractivity contribution in [2.75, 3.05) is 0 Å². The Labute approximate surface area is 62.3 Å². The topological polar surface area (TPSA) is 61.1 Å². The van der Waals surface area contributed by atoms with Crippen LogP contribution in [0.2, 0.25) is 0 Å². The number of carbonyl (C=O) groups excluding carboxylic acids is 1. The molecule has 0 aliphatic rings. The van der Waals surface area contributed by atoms with Crippen LogP contribution in [0.3, 0.4) is 0 Å². The molecule has 1 aromatic rings. The summed E-state index contributed by atoms with van der Waals surface area (Å²) in [5.41, 5.74) is 6.24. The highest BCUT2D eigenvalue weighted by Crippen LogP contribution is 2.14. The SMILES string of the molecule is [NH]C(=O)c1ccc(O)cc1F. The van der Waals surface area contributed by atoms with Crippen molar-refractivity contribution in [3.05, 3.63) is 29.6 Å². The van der Waals surface area contributed by atoms with E-state index in [0.29, 0.717) is 0 Å². The van der Waals surface area contributed by atoms with E-state index in [2.05, 4.69) is 0 Å². The summed E-state index contributed by atoms with van der Waals surface area (Å²) in [5, 5.41) is 8.71. The zero-order chi connectivity index (χ0) is 8.43. The smallest absolute Gasteiger partial charge is 0.272 e. The quantitative estimate of drug-likeness (QED) is 0.654. The van der Waals surface area contributed by atoms with Crippen LogP contribution in [0.1, 0.15) is 10.4 Å². The molecule has 4 heteroatoms. The predicted molar refractivity (Wildman–Crippen MR) is 35.5 cm³/mol. The summed E-state index contributed by atoms with van der Waals surface area (Å²) in [6, 6.07) is 3.02. The van der Waals surface area contributed by atoms with Crippen molar-refractivity contribution in [2.24, 2.45) is 0 Å². The molecule has 0 heterocycles. The molecule has 0 bridgehead atoms. The van der Waals surface area contributed by atoms with E-state index in [9.17, 15) is 9.18 Å². The molecule has 2 N–H and O–H groups in total. The van der Waals surface area contributed by atoms with E-state index in [-0.39, 0.29) is 11.3 Å². The number of phenols is 1. The van der Waals surface area contributed by atoms with E-state index < -0.39 is 11.7 Å². The first-order chi connectivity index (χ1) is 5.11. The molecule has 0 spiro atoms. The van der Waals surface area contributed by atoms with Gasteiger partial charge < -0.3 is 5.11 Å². The van der Waals surface area contributed by atoms with Crippen LogP contribution in [0.4, 0.5) is 4.39 Å². The fourth-order valence-electron chi connectivity index (χ4n) is 0.688. The van der Waals surface area contributed by atoms with Crippen LogP contribution in [-0.2, 0) is 0 Å². The Morgan fingerprint density at radius 3 is 2.64 bits per heavy atom. The Kier molecular flexibility index (Phi) is 1.76. The lowest BCUT2D eigenvalue weighted by Gasteiger charge is -1.96. The molecular weight excluding hydrogens is 149 g/mol. The van der Waals surface area contributed by atoms with Crippen molar-refractivity contribution in [3.8, 4) is 5.75 Å². The molecule has 0 atom stereocenters. The van der Waals surface area contributed by atoms with Crippen LogP contribution in [0.15, 0.2) is 18.2 Å². The predicted octanol–water partition coefficient (Wildman–Crippen LogP) is 0.954. The minimum atomic E-state index is -1.09. The number of phenolic OH excluding ortho intramolecular Hbond substituents is 1. The molecule has 0 aliphatic carbocycles. The van der Waals surface area contributed by atoms with Gasteiger partial charge in [0.25, 0.3) is 5.91 Å². The monoisotopic (exact) mass is 154 g/mol. The second-order valence-corrected chi connectivity index (χ2v) is 1.99. The molecule has 1 rings (SSSR count). The number of hydrogen-bond donors (Lipinski definition) is 1. The Balaban J connectivity index is 3.20. The molecule has 3 nitrogen and oxygen atoms in total. The second kappa shape index (κ2) is 2.57. The summed E-state index contributed by atoms with van der Waals surface area (Å²) in [7, 11) is 0. The number of halogens is 1. The summed E-state index contributed by atoms with van der Waals surface area (Å²) in [5.74, 6) is -2.22. The van der Waals surface area contributed by atoms with E-state index in [1.54, 1.807) is 0 Å². The average molecular weight is 154 g/mol. The van der Waals surface area contributed by atoms with Gasteiger partial charge in [-0.2, -0.15) is 0 Å². The Hall–Kier alpha value is -1.58. The van der Waals surface area contributed by atoms with Crippen molar-refractivity contribution in [1.82, 2.24) is 5.73 Å². The van der Waals surface area contributed by atoms with Crippen molar-refractivity contribution in [3.63, 3.8) is 0 Å². The number of aromatic hydroxyl groups is 1. The number of hydrogen-bond acceptors (Lipinski definition) is 2. The van der Waals surface area contributed by atoms with Gasteiger partial charge >= 0.3 is 0 Å². The van der Waals surface area contributed by atoms with E-state index in [1.807, 2.05) is 0 Å². The Morgan fingerprint density at radius 2 is 2.18 bits per heavy atom. The zero-order valence-electron chi connectivity index (χ0n) is 5.47. The maximum absolute atomic E-state index is 12.6. The van der Waals surface area contributed by atoms with Gasteiger partial charge in [-0.3, -0.25) is 10.5 Å². The van der Waals surface area contributed by atoms with E-state index >= 15 is 0 Å². The lowest BCUT2D eigenvalue weighted by atomic mass is 10.2. The molecule has 0 unspecified atom stereocenters. The largest absolute Gasteiger partial charge is 0.508 e.